The minimum Gasteiger partial charge on any atom is -0.437 e. The van der Waals surface area contributed by atoms with Crippen molar-refractivity contribution >= 4 is 27.2 Å². The predicted molar refractivity (Wildman–Crippen MR) is 73.1 cm³/mol. The second-order valence-electron chi connectivity index (χ2n) is 3.86. The molecule has 4 nitrogen and oxygen atoms in total. The third-order valence-electron chi connectivity index (χ3n) is 2.48. The number of hydrogen-bond donors (Lipinski definition) is 1. The second kappa shape index (κ2) is 4.27. The molecule has 0 atom stereocenters. The van der Waals surface area contributed by atoms with Gasteiger partial charge in [0.2, 0.25) is 5.88 Å². The number of nitrogens with zero attached hydrogens (tertiary/aromatic N) is 2. The van der Waals surface area contributed by atoms with Crippen molar-refractivity contribution in [3.8, 4) is 11.6 Å². The number of aryl methyl sites for hydroxylation is 1. The number of aromatic nitrogens is 2. The number of benzene rings is 1. The Morgan fingerprint density at radius 1 is 1.28 bits per heavy atom. The zero-order chi connectivity index (χ0) is 12.5. The minimum atomic E-state index is 0.420. The van der Waals surface area contributed by atoms with Gasteiger partial charge in [0.1, 0.15) is 5.75 Å². The molecule has 2 aromatic heterocycles. The van der Waals surface area contributed by atoms with Crippen molar-refractivity contribution in [3.05, 3.63) is 41.5 Å². The standard InChI is InChI=1S/C13H11N3OS/c1-8-16-11-7-9(4-5-12(11)18-8)17-13-10(14)3-2-6-15-13/h2-7H,14H2,1H3. The lowest BCUT2D eigenvalue weighted by molar-refractivity contribution is 0.466. The molecule has 0 radical (unpaired) electrons. The molecule has 0 fully saturated rings. The van der Waals surface area contributed by atoms with Crippen LogP contribution in [-0.2, 0) is 0 Å². The number of thiazole rings is 1. The van der Waals surface area contributed by atoms with E-state index in [2.05, 4.69) is 9.97 Å². The summed E-state index contributed by atoms with van der Waals surface area (Å²) in [4.78, 5) is 8.52. The molecule has 3 rings (SSSR count). The van der Waals surface area contributed by atoms with Crippen molar-refractivity contribution in [2.24, 2.45) is 0 Å². The first-order chi connectivity index (χ1) is 8.72. The van der Waals surface area contributed by atoms with Gasteiger partial charge in [0.15, 0.2) is 0 Å². The Bertz CT molecular complexity index is 708. The zero-order valence-corrected chi connectivity index (χ0v) is 10.6. The average Bonchev–Trinajstić information content (AvgIpc) is 2.71. The van der Waals surface area contributed by atoms with Gasteiger partial charge in [-0.05, 0) is 31.2 Å². The molecule has 2 heterocycles. The van der Waals surface area contributed by atoms with Crippen molar-refractivity contribution < 1.29 is 4.74 Å². The van der Waals surface area contributed by atoms with Crippen LogP contribution in [0.15, 0.2) is 36.5 Å². The number of anilines is 1. The van der Waals surface area contributed by atoms with E-state index in [9.17, 15) is 0 Å². The summed E-state index contributed by atoms with van der Waals surface area (Å²) in [5, 5.41) is 1.04. The molecule has 0 aliphatic carbocycles. The Labute approximate surface area is 108 Å². The molecule has 0 amide bonds. The molecular weight excluding hydrogens is 246 g/mol. The molecule has 0 aliphatic rings. The Morgan fingerprint density at radius 3 is 3.00 bits per heavy atom. The topological polar surface area (TPSA) is 61.0 Å². The largest absolute Gasteiger partial charge is 0.437 e. The fourth-order valence-corrected chi connectivity index (χ4v) is 2.49. The zero-order valence-electron chi connectivity index (χ0n) is 9.75. The summed E-state index contributed by atoms with van der Waals surface area (Å²) in [5.41, 5.74) is 7.24. The first kappa shape index (κ1) is 11.0. The molecule has 0 unspecified atom stereocenters. The van der Waals surface area contributed by atoms with Crippen molar-refractivity contribution in [1.82, 2.24) is 9.97 Å². The van der Waals surface area contributed by atoms with E-state index in [4.69, 9.17) is 10.5 Å². The van der Waals surface area contributed by atoms with Gasteiger partial charge < -0.3 is 10.5 Å². The molecule has 18 heavy (non-hydrogen) atoms. The molecule has 5 heteroatoms. The fourth-order valence-electron chi connectivity index (χ4n) is 1.69. The van der Waals surface area contributed by atoms with E-state index in [0.717, 1.165) is 15.2 Å². The number of rotatable bonds is 2. The quantitative estimate of drug-likeness (QED) is 0.764. The van der Waals surface area contributed by atoms with Gasteiger partial charge in [0.05, 0.1) is 20.9 Å². The van der Waals surface area contributed by atoms with Crippen LogP contribution in [0, 0.1) is 6.92 Å². The molecule has 3 aromatic rings. The van der Waals surface area contributed by atoms with Crippen LogP contribution in [0.4, 0.5) is 5.69 Å². The van der Waals surface area contributed by atoms with E-state index in [1.54, 1.807) is 29.7 Å². The first-order valence-electron chi connectivity index (χ1n) is 5.48. The molecule has 0 bridgehead atoms. The van der Waals surface area contributed by atoms with Crippen LogP contribution in [0.25, 0.3) is 10.2 Å². The lowest BCUT2D eigenvalue weighted by Crippen LogP contribution is -1.93. The number of fused-ring (bicyclic) bond motifs is 1. The van der Waals surface area contributed by atoms with E-state index in [0.29, 0.717) is 17.3 Å². The molecule has 0 saturated heterocycles. The third kappa shape index (κ3) is 2.00. The molecule has 2 N–H and O–H groups in total. The highest BCUT2D eigenvalue weighted by Gasteiger charge is 2.05. The Hall–Kier alpha value is -2.14. The van der Waals surface area contributed by atoms with Gasteiger partial charge in [-0.3, -0.25) is 0 Å². The van der Waals surface area contributed by atoms with E-state index in [1.165, 1.54) is 0 Å². The highest BCUT2D eigenvalue weighted by atomic mass is 32.1. The Balaban J connectivity index is 1.97. The maximum atomic E-state index is 5.78. The summed E-state index contributed by atoms with van der Waals surface area (Å²) in [7, 11) is 0. The predicted octanol–water partition coefficient (Wildman–Crippen LogP) is 3.37. The summed E-state index contributed by atoms with van der Waals surface area (Å²) >= 11 is 1.66. The van der Waals surface area contributed by atoms with Gasteiger partial charge in [-0.15, -0.1) is 11.3 Å². The Morgan fingerprint density at radius 2 is 2.17 bits per heavy atom. The van der Waals surface area contributed by atoms with Crippen molar-refractivity contribution in [2.75, 3.05) is 5.73 Å². The van der Waals surface area contributed by atoms with Gasteiger partial charge in [-0.25, -0.2) is 9.97 Å². The van der Waals surface area contributed by atoms with Crippen LogP contribution < -0.4 is 10.5 Å². The summed E-state index contributed by atoms with van der Waals surface area (Å²) in [6.07, 6.45) is 1.65. The van der Waals surface area contributed by atoms with Crippen molar-refractivity contribution in [1.29, 1.82) is 0 Å². The Kier molecular flexibility index (Phi) is 2.60. The molecular formula is C13H11N3OS. The minimum absolute atomic E-state index is 0.420. The van der Waals surface area contributed by atoms with E-state index in [1.807, 2.05) is 25.1 Å². The normalized spacial score (nSPS) is 10.7. The second-order valence-corrected chi connectivity index (χ2v) is 5.10. The van der Waals surface area contributed by atoms with E-state index >= 15 is 0 Å². The molecule has 0 spiro atoms. The van der Waals surface area contributed by atoms with Gasteiger partial charge in [-0.2, -0.15) is 0 Å². The SMILES string of the molecule is Cc1nc2cc(Oc3ncccc3N)ccc2s1. The maximum Gasteiger partial charge on any atom is 0.242 e. The van der Waals surface area contributed by atoms with Gasteiger partial charge >= 0.3 is 0 Å². The van der Waals surface area contributed by atoms with Crippen LogP contribution in [0.5, 0.6) is 11.6 Å². The first-order valence-corrected chi connectivity index (χ1v) is 6.29. The number of pyridine rings is 1. The van der Waals surface area contributed by atoms with Gasteiger partial charge in [0, 0.05) is 12.3 Å². The van der Waals surface area contributed by atoms with E-state index in [-0.39, 0.29) is 0 Å². The van der Waals surface area contributed by atoms with E-state index < -0.39 is 0 Å². The number of hydrogen-bond acceptors (Lipinski definition) is 5. The van der Waals surface area contributed by atoms with Crippen LogP contribution in [0.1, 0.15) is 5.01 Å². The van der Waals surface area contributed by atoms with Crippen LogP contribution in [-0.4, -0.2) is 9.97 Å². The number of nitrogen functional groups attached to an aromatic ring is 1. The number of ether oxygens (including phenoxy) is 1. The lowest BCUT2D eigenvalue weighted by atomic mass is 10.3. The fraction of sp³-hybridized carbons (Fsp3) is 0.0769. The summed E-state index contributed by atoms with van der Waals surface area (Å²) in [6, 6.07) is 9.32. The third-order valence-corrected chi connectivity index (χ3v) is 3.43. The van der Waals surface area contributed by atoms with Gasteiger partial charge in [0.25, 0.3) is 0 Å². The monoisotopic (exact) mass is 257 g/mol. The molecule has 1 aromatic carbocycles. The van der Waals surface area contributed by atoms with Crippen molar-refractivity contribution in [2.45, 2.75) is 6.92 Å². The summed E-state index contributed by atoms with van der Waals surface area (Å²) < 4.78 is 6.80. The van der Waals surface area contributed by atoms with Crippen LogP contribution in [0.3, 0.4) is 0 Å². The average molecular weight is 257 g/mol. The van der Waals surface area contributed by atoms with Crippen molar-refractivity contribution in [3.63, 3.8) is 0 Å². The highest BCUT2D eigenvalue weighted by Crippen LogP contribution is 2.29. The molecule has 0 saturated carbocycles. The van der Waals surface area contributed by atoms with Gasteiger partial charge in [-0.1, -0.05) is 0 Å². The van der Waals surface area contributed by atoms with Crippen LogP contribution >= 0.6 is 11.3 Å². The number of nitrogens with two attached hydrogens (primary N) is 1. The van der Waals surface area contributed by atoms with Crippen LogP contribution in [0.2, 0.25) is 0 Å². The smallest absolute Gasteiger partial charge is 0.242 e. The highest BCUT2D eigenvalue weighted by molar-refractivity contribution is 7.18. The lowest BCUT2D eigenvalue weighted by Gasteiger charge is -2.06. The molecule has 90 valence electrons. The molecule has 0 aliphatic heterocycles. The summed E-state index contributed by atoms with van der Waals surface area (Å²) in [6.45, 7) is 1.99. The summed E-state index contributed by atoms with van der Waals surface area (Å²) in [5.74, 6) is 1.11. The maximum absolute atomic E-state index is 5.78.